The Kier molecular flexibility index (Phi) is 3.25. The molecule has 1 saturated carbocycles. The van der Waals surface area contributed by atoms with Gasteiger partial charge in [0.25, 0.3) is 0 Å². The lowest BCUT2D eigenvalue weighted by molar-refractivity contribution is 0.273. The Morgan fingerprint density at radius 3 is 2.61 bits per heavy atom. The zero-order valence-electron chi connectivity index (χ0n) is 10.8. The summed E-state index contributed by atoms with van der Waals surface area (Å²) in [5.74, 6) is 0.386. The second kappa shape index (κ2) is 4.32. The van der Waals surface area contributed by atoms with Crippen molar-refractivity contribution >= 4 is 10.0 Å². The number of aromatic nitrogens is 2. The van der Waals surface area contributed by atoms with E-state index in [0.29, 0.717) is 11.6 Å². The minimum absolute atomic E-state index is 0.0683. The van der Waals surface area contributed by atoms with Gasteiger partial charge < -0.3 is 5.11 Å². The molecule has 2 rings (SSSR count). The number of nitrogens with one attached hydrogen (secondary N) is 2. The van der Waals surface area contributed by atoms with Crippen molar-refractivity contribution in [2.45, 2.75) is 50.7 Å². The average molecular weight is 273 g/mol. The summed E-state index contributed by atoms with van der Waals surface area (Å²) in [5.41, 5.74) is 0.139. The maximum atomic E-state index is 12.4. The van der Waals surface area contributed by atoms with E-state index in [1.54, 1.807) is 6.92 Å². The lowest BCUT2D eigenvalue weighted by Crippen LogP contribution is -2.45. The van der Waals surface area contributed by atoms with Crippen molar-refractivity contribution in [1.82, 2.24) is 14.9 Å². The van der Waals surface area contributed by atoms with E-state index in [1.807, 2.05) is 13.8 Å². The van der Waals surface area contributed by atoms with Gasteiger partial charge in [0.05, 0.1) is 12.3 Å². The van der Waals surface area contributed by atoms with E-state index < -0.39 is 22.2 Å². The Morgan fingerprint density at radius 2 is 2.11 bits per heavy atom. The fourth-order valence-corrected chi connectivity index (χ4v) is 4.05. The molecule has 1 heterocycles. The first-order chi connectivity index (χ1) is 8.28. The topological polar surface area (TPSA) is 95.1 Å². The minimum atomic E-state index is -3.66. The van der Waals surface area contributed by atoms with Crippen LogP contribution in [0.5, 0.6) is 0 Å². The molecule has 0 unspecified atom stereocenters. The van der Waals surface area contributed by atoms with Gasteiger partial charge in [-0.25, -0.2) is 13.1 Å². The van der Waals surface area contributed by atoms with Crippen LogP contribution in [-0.2, 0) is 16.6 Å². The van der Waals surface area contributed by atoms with Crippen LogP contribution >= 0.6 is 0 Å². The van der Waals surface area contributed by atoms with Gasteiger partial charge in [0.1, 0.15) is 10.6 Å². The fraction of sp³-hybridized carbons (Fsp3) is 0.727. The van der Waals surface area contributed by atoms with Crippen molar-refractivity contribution in [3.63, 3.8) is 0 Å². The van der Waals surface area contributed by atoms with E-state index >= 15 is 0 Å². The fourth-order valence-electron chi connectivity index (χ4n) is 2.22. The monoisotopic (exact) mass is 273 g/mol. The van der Waals surface area contributed by atoms with Crippen LogP contribution in [0.2, 0.25) is 0 Å². The van der Waals surface area contributed by atoms with E-state index in [2.05, 4.69) is 14.9 Å². The molecule has 102 valence electrons. The lowest BCUT2D eigenvalue weighted by atomic mass is 10.0. The summed E-state index contributed by atoms with van der Waals surface area (Å²) in [6.07, 6.45) is 2.10. The van der Waals surface area contributed by atoms with Gasteiger partial charge in [-0.15, -0.1) is 0 Å². The summed E-state index contributed by atoms with van der Waals surface area (Å²) >= 11 is 0. The summed E-state index contributed by atoms with van der Waals surface area (Å²) in [6, 6.07) is 0. The number of aryl methyl sites for hydroxylation is 1. The molecule has 0 aromatic carbocycles. The highest BCUT2D eigenvalue weighted by atomic mass is 32.2. The van der Waals surface area contributed by atoms with Gasteiger partial charge in [0.2, 0.25) is 10.0 Å². The van der Waals surface area contributed by atoms with Gasteiger partial charge in [-0.05, 0) is 39.5 Å². The number of aromatic amines is 1. The number of nitrogens with zero attached hydrogens (tertiary/aromatic N) is 1. The van der Waals surface area contributed by atoms with Crippen LogP contribution in [0.1, 0.15) is 38.1 Å². The first kappa shape index (κ1) is 13.5. The Hall–Kier alpha value is -0.920. The summed E-state index contributed by atoms with van der Waals surface area (Å²) in [6.45, 7) is 5.00. The van der Waals surface area contributed by atoms with Crippen molar-refractivity contribution in [1.29, 1.82) is 0 Å². The molecule has 1 aliphatic carbocycles. The van der Waals surface area contributed by atoms with Crippen LogP contribution in [0.3, 0.4) is 0 Å². The Labute approximate surface area is 107 Å². The summed E-state index contributed by atoms with van der Waals surface area (Å²) in [4.78, 5) is 0.0683. The number of sulfonamides is 1. The number of aliphatic hydroxyl groups excluding tert-OH is 1. The third kappa shape index (κ3) is 2.43. The van der Waals surface area contributed by atoms with Gasteiger partial charge in [-0.3, -0.25) is 5.10 Å². The predicted octanol–water partition coefficient (Wildman–Crippen LogP) is 0.677. The maximum Gasteiger partial charge on any atom is 0.244 e. The predicted molar refractivity (Wildman–Crippen MR) is 66.4 cm³/mol. The van der Waals surface area contributed by atoms with Crippen molar-refractivity contribution < 1.29 is 13.5 Å². The molecular weight excluding hydrogens is 254 g/mol. The molecule has 3 N–H and O–H groups in total. The highest BCUT2D eigenvalue weighted by molar-refractivity contribution is 7.89. The van der Waals surface area contributed by atoms with Crippen molar-refractivity contribution in [3.8, 4) is 0 Å². The van der Waals surface area contributed by atoms with Crippen LogP contribution in [0.4, 0.5) is 0 Å². The van der Waals surface area contributed by atoms with Gasteiger partial charge in [-0.1, -0.05) is 0 Å². The van der Waals surface area contributed by atoms with E-state index in [-0.39, 0.29) is 10.6 Å². The average Bonchev–Trinajstić information content (AvgIpc) is 3.01. The van der Waals surface area contributed by atoms with Crippen molar-refractivity contribution in [3.05, 3.63) is 11.4 Å². The van der Waals surface area contributed by atoms with E-state index in [4.69, 9.17) is 5.11 Å². The number of hydrogen-bond acceptors (Lipinski definition) is 4. The molecule has 0 saturated heterocycles. The molecule has 0 bridgehead atoms. The molecule has 0 radical (unpaired) electrons. The molecule has 18 heavy (non-hydrogen) atoms. The molecule has 1 aliphatic rings. The van der Waals surface area contributed by atoms with Crippen LogP contribution in [0.15, 0.2) is 4.90 Å². The Balaban J connectivity index is 2.33. The lowest BCUT2D eigenvalue weighted by Gasteiger charge is -2.25. The summed E-state index contributed by atoms with van der Waals surface area (Å²) in [5, 5.41) is 15.5. The first-order valence-corrected chi connectivity index (χ1v) is 7.45. The molecule has 6 nitrogen and oxygen atoms in total. The normalized spacial score (nSPS) is 17.1. The highest BCUT2D eigenvalue weighted by Crippen LogP contribution is 2.40. The molecule has 0 amide bonds. The molecule has 7 heteroatoms. The molecular formula is C11H19N3O3S. The van der Waals surface area contributed by atoms with Gasteiger partial charge in [0, 0.05) is 5.54 Å². The number of hydrogen-bond donors (Lipinski definition) is 3. The maximum absolute atomic E-state index is 12.4. The Morgan fingerprint density at radius 1 is 1.50 bits per heavy atom. The largest absolute Gasteiger partial charge is 0.390 e. The quantitative estimate of drug-likeness (QED) is 0.735. The van der Waals surface area contributed by atoms with Crippen molar-refractivity contribution in [2.75, 3.05) is 0 Å². The van der Waals surface area contributed by atoms with E-state index in [0.717, 1.165) is 12.8 Å². The molecule has 1 aromatic rings. The second-order valence-electron chi connectivity index (χ2n) is 5.38. The van der Waals surface area contributed by atoms with Gasteiger partial charge in [0.15, 0.2) is 0 Å². The Bertz CT molecular complexity index is 544. The summed E-state index contributed by atoms with van der Waals surface area (Å²) < 4.78 is 27.4. The third-order valence-electron chi connectivity index (χ3n) is 3.38. The number of H-pyrrole nitrogens is 1. The van der Waals surface area contributed by atoms with Crippen LogP contribution in [0.25, 0.3) is 0 Å². The second-order valence-corrected chi connectivity index (χ2v) is 7.00. The zero-order chi connectivity index (χ0) is 13.6. The van der Waals surface area contributed by atoms with Gasteiger partial charge in [-0.2, -0.15) is 5.10 Å². The first-order valence-electron chi connectivity index (χ1n) is 5.96. The van der Waals surface area contributed by atoms with Crippen LogP contribution in [-0.4, -0.2) is 29.3 Å². The zero-order valence-corrected chi connectivity index (χ0v) is 11.6. The van der Waals surface area contributed by atoms with E-state index in [9.17, 15) is 8.42 Å². The SMILES string of the molecule is Cc1[nH]nc(CO)c1S(=O)(=O)NC(C)(C)C1CC1. The van der Waals surface area contributed by atoms with Crippen molar-refractivity contribution in [2.24, 2.45) is 5.92 Å². The molecule has 0 aliphatic heterocycles. The minimum Gasteiger partial charge on any atom is -0.390 e. The smallest absolute Gasteiger partial charge is 0.244 e. The highest BCUT2D eigenvalue weighted by Gasteiger charge is 2.41. The van der Waals surface area contributed by atoms with E-state index in [1.165, 1.54) is 0 Å². The number of rotatable bonds is 5. The standard InChI is InChI=1S/C11H19N3O3S/c1-7-10(9(6-15)13-12-7)18(16,17)14-11(2,3)8-4-5-8/h8,14-15H,4-6H2,1-3H3,(H,12,13). The van der Waals surface area contributed by atoms with Crippen LogP contribution < -0.4 is 4.72 Å². The molecule has 1 aromatic heterocycles. The molecule has 1 fully saturated rings. The third-order valence-corrected chi connectivity index (χ3v) is 5.25. The molecule has 0 atom stereocenters. The van der Waals surface area contributed by atoms with Gasteiger partial charge >= 0.3 is 0 Å². The number of aliphatic hydroxyl groups is 1. The molecule has 0 spiro atoms. The van der Waals surface area contributed by atoms with Crippen LogP contribution in [0, 0.1) is 12.8 Å². The summed E-state index contributed by atoms with van der Waals surface area (Å²) in [7, 11) is -3.66.